The molecule has 1 saturated carbocycles. The Labute approximate surface area is 188 Å². The van der Waals surface area contributed by atoms with Crippen LogP contribution in [0.25, 0.3) is 0 Å². The molecular weight excluding hydrogens is 393 g/mol. The van der Waals surface area contributed by atoms with Crippen molar-refractivity contribution in [1.82, 2.24) is 16.0 Å². The Morgan fingerprint density at radius 3 is 2.26 bits per heavy atom. The number of nitrogens with one attached hydrogen (secondary N) is 3. The average molecular weight is 435 g/mol. The summed E-state index contributed by atoms with van der Waals surface area (Å²) in [7, 11) is -0.234. The standard InChI is InChI=1S/C23H42BN3O4/c1-15(28)26-23(19(29)27-20(2,3)4)12-16-13-25-14-17(16)18(23)10-9-11-24-30-21(5,6)22(7,8)31-24/h16-18,25H,9-14H2,1-8H3,(H,26,28)(H,27,29)/t16-,17+,18-,23-/m0/s1. The van der Waals surface area contributed by atoms with Crippen LogP contribution in [0.4, 0.5) is 0 Å². The number of carbonyl (C=O) groups excluding carboxylic acids is 2. The smallest absolute Gasteiger partial charge is 0.403 e. The Kier molecular flexibility index (Phi) is 6.60. The summed E-state index contributed by atoms with van der Waals surface area (Å²) in [5.74, 6) is 0.676. The van der Waals surface area contributed by atoms with Gasteiger partial charge in [-0.3, -0.25) is 9.59 Å². The van der Waals surface area contributed by atoms with Crippen molar-refractivity contribution in [3.8, 4) is 0 Å². The van der Waals surface area contributed by atoms with Crippen molar-refractivity contribution in [2.24, 2.45) is 17.8 Å². The topological polar surface area (TPSA) is 88.7 Å². The molecule has 8 heteroatoms. The average Bonchev–Trinajstić information content (AvgIpc) is 3.18. The van der Waals surface area contributed by atoms with Crippen molar-refractivity contribution < 1.29 is 18.9 Å². The van der Waals surface area contributed by atoms with Crippen LogP contribution >= 0.6 is 0 Å². The highest BCUT2D eigenvalue weighted by atomic mass is 16.7. The van der Waals surface area contributed by atoms with E-state index in [0.717, 1.165) is 32.3 Å². The van der Waals surface area contributed by atoms with Gasteiger partial charge in [0.25, 0.3) is 0 Å². The van der Waals surface area contributed by atoms with E-state index in [1.54, 1.807) is 0 Å². The van der Waals surface area contributed by atoms with E-state index < -0.39 is 5.54 Å². The second kappa shape index (κ2) is 8.34. The summed E-state index contributed by atoms with van der Waals surface area (Å²) in [5, 5.41) is 9.77. The van der Waals surface area contributed by atoms with Gasteiger partial charge < -0.3 is 25.3 Å². The molecule has 0 aromatic heterocycles. The van der Waals surface area contributed by atoms with E-state index in [2.05, 4.69) is 43.6 Å². The molecule has 0 radical (unpaired) electrons. The zero-order chi connectivity index (χ0) is 23.2. The normalized spacial score (nSPS) is 33.9. The summed E-state index contributed by atoms with van der Waals surface area (Å²) < 4.78 is 12.3. The van der Waals surface area contributed by atoms with Gasteiger partial charge in [0.15, 0.2) is 0 Å². The number of carbonyl (C=O) groups is 2. The fourth-order valence-electron chi connectivity index (χ4n) is 5.65. The van der Waals surface area contributed by atoms with E-state index in [9.17, 15) is 9.59 Å². The van der Waals surface area contributed by atoms with Gasteiger partial charge in [-0.2, -0.15) is 0 Å². The molecule has 3 N–H and O–H groups in total. The minimum absolute atomic E-state index is 0.0507. The molecule has 0 unspecified atom stereocenters. The molecule has 3 rings (SSSR count). The van der Waals surface area contributed by atoms with Crippen LogP contribution in [0.3, 0.4) is 0 Å². The number of hydrogen-bond donors (Lipinski definition) is 3. The number of hydrogen-bond acceptors (Lipinski definition) is 5. The number of rotatable bonds is 6. The van der Waals surface area contributed by atoms with Crippen LogP contribution in [0.2, 0.25) is 6.32 Å². The SMILES string of the molecule is CC(=O)N[C@@]1(C(=O)NC(C)(C)C)C[C@H]2CNC[C@H]2[C@@H]1CCCB1OC(C)(C)C(C)(C)O1. The Balaban J connectivity index is 1.75. The molecule has 0 aromatic carbocycles. The van der Waals surface area contributed by atoms with Crippen LogP contribution in [0.15, 0.2) is 0 Å². The molecular formula is C23H42BN3O4. The van der Waals surface area contributed by atoms with Crippen LogP contribution in [0.5, 0.6) is 0 Å². The lowest BCUT2D eigenvalue weighted by Crippen LogP contribution is -2.64. The lowest BCUT2D eigenvalue weighted by atomic mass is 9.74. The van der Waals surface area contributed by atoms with E-state index in [4.69, 9.17) is 9.31 Å². The van der Waals surface area contributed by atoms with Gasteiger partial charge in [-0.15, -0.1) is 0 Å². The summed E-state index contributed by atoms with van der Waals surface area (Å²) in [4.78, 5) is 25.8. The van der Waals surface area contributed by atoms with Crippen LogP contribution in [0, 0.1) is 17.8 Å². The Bertz CT molecular complexity index is 689. The summed E-state index contributed by atoms with van der Waals surface area (Å²) in [5.41, 5.74) is -1.88. The first-order chi connectivity index (χ1) is 14.2. The van der Waals surface area contributed by atoms with E-state index >= 15 is 0 Å². The zero-order valence-electron chi connectivity index (χ0n) is 20.7. The predicted molar refractivity (Wildman–Crippen MR) is 123 cm³/mol. The Hall–Kier alpha value is -1.12. The minimum Gasteiger partial charge on any atom is -0.403 e. The van der Waals surface area contributed by atoms with Crippen molar-refractivity contribution in [2.45, 2.75) is 103 Å². The van der Waals surface area contributed by atoms with E-state index in [1.165, 1.54) is 6.92 Å². The molecule has 1 aliphatic carbocycles. The zero-order valence-corrected chi connectivity index (χ0v) is 20.7. The third kappa shape index (κ3) is 4.96. The summed E-state index contributed by atoms with van der Waals surface area (Å²) in [6.45, 7) is 17.5. The maximum absolute atomic E-state index is 13.6. The highest BCUT2D eigenvalue weighted by molar-refractivity contribution is 6.45. The van der Waals surface area contributed by atoms with Gasteiger partial charge in [0.05, 0.1) is 11.2 Å². The molecule has 3 fully saturated rings. The van der Waals surface area contributed by atoms with Crippen molar-refractivity contribution in [3.63, 3.8) is 0 Å². The monoisotopic (exact) mass is 435 g/mol. The van der Waals surface area contributed by atoms with Crippen LogP contribution in [-0.4, -0.2) is 54.3 Å². The van der Waals surface area contributed by atoms with Crippen LogP contribution in [0.1, 0.15) is 74.7 Å². The quantitative estimate of drug-likeness (QED) is 0.558. The van der Waals surface area contributed by atoms with Crippen molar-refractivity contribution in [3.05, 3.63) is 0 Å². The molecule has 0 bridgehead atoms. The first kappa shape index (κ1) is 24.5. The van der Waals surface area contributed by atoms with Crippen LogP contribution < -0.4 is 16.0 Å². The number of amides is 2. The van der Waals surface area contributed by atoms with Gasteiger partial charge in [0.1, 0.15) is 5.54 Å². The Morgan fingerprint density at radius 2 is 1.71 bits per heavy atom. The molecule has 2 heterocycles. The maximum atomic E-state index is 13.6. The van der Waals surface area contributed by atoms with E-state index in [1.807, 2.05) is 20.8 Å². The summed E-state index contributed by atoms with van der Waals surface area (Å²) >= 11 is 0. The highest BCUT2D eigenvalue weighted by Crippen LogP contribution is 2.49. The Morgan fingerprint density at radius 1 is 1.10 bits per heavy atom. The predicted octanol–water partition coefficient (Wildman–Crippen LogP) is 2.50. The second-order valence-corrected chi connectivity index (χ2v) is 11.9. The van der Waals surface area contributed by atoms with Gasteiger partial charge >= 0.3 is 7.12 Å². The van der Waals surface area contributed by atoms with E-state index in [-0.39, 0.29) is 41.6 Å². The van der Waals surface area contributed by atoms with Gasteiger partial charge in [-0.05, 0) is 98.5 Å². The second-order valence-electron chi connectivity index (χ2n) is 11.9. The minimum atomic E-state index is -0.855. The molecule has 0 aromatic rings. The number of fused-ring (bicyclic) bond motifs is 1. The molecule has 31 heavy (non-hydrogen) atoms. The lowest BCUT2D eigenvalue weighted by Gasteiger charge is -2.39. The summed E-state index contributed by atoms with van der Waals surface area (Å²) in [6.07, 6.45) is 3.21. The maximum Gasteiger partial charge on any atom is 0.457 e. The largest absolute Gasteiger partial charge is 0.457 e. The molecule has 3 aliphatic rings. The molecule has 176 valence electrons. The van der Waals surface area contributed by atoms with Gasteiger partial charge in [-0.25, -0.2) is 0 Å². The van der Waals surface area contributed by atoms with Gasteiger partial charge in [0.2, 0.25) is 11.8 Å². The van der Waals surface area contributed by atoms with E-state index in [0.29, 0.717) is 18.3 Å². The third-order valence-corrected chi connectivity index (χ3v) is 7.68. The summed E-state index contributed by atoms with van der Waals surface area (Å²) in [6, 6.07) is 0. The lowest BCUT2D eigenvalue weighted by molar-refractivity contribution is -0.136. The molecule has 2 saturated heterocycles. The van der Waals surface area contributed by atoms with Crippen molar-refractivity contribution in [2.75, 3.05) is 13.1 Å². The van der Waals surface area contributed by atoms with Gasteiger partial charge in [-0.1, -0.05) is 6.42 Å². The molecule has 0 spiro atoms. The van der Waals surface area contributed by atoms with Gasteiger partial charge in [0, 0.05) is 12.5 Å². The van der Waals surface area contributed by atoms with Crippen molar-refractivity contribution >= 4 is 18.9 Å². The first-order valence-electron chi connectivity index (χ1n) is 11.8. The molecule has 2 amide bonds. The highest BCUT2D eigenvalue weighted by Gasteiger charge is 2.59. The molecule has 7 nitrogen and oxygen atoms in total. The van der Waals surface area contributed by atoms with Crippen LogP contribution in [-0.2, 0) is 18.9 Å². The third-order valence-electron chi connectivity index (χ3n) is 7.68. The van der Waals surface area contributed by atoms with Crippen molar-refractivity contribution in [1.29, 1.82) is 0 Å². The first-order valence-corrected chi connectivity index (χ1v) is 11.8. The molecule has 2 aliphatic heterocycles. The fourth-order valence-corrected chi connectivity index (χ4v) is 5.65. The molecule has 4 atom stereocenters. The fraction of sp³-hybridized carbons (Fsp3) is 0.913.